The van der Waals surface area contributed by atoms with Gasteiger partial charge in [0.25, 0.3) is 5.91 Å². The number of carbonyl (C=O) groups is 1. The van der Waals surface area contributed by atoms with E-state index in [0.717, 1.165) is 42.1 Å². The topological polar surface area (TPSA) is 71.2 Å². The average molecular weight is 429 g/mol. The number of carbonyl (C=O) groups excluding carboxylic acids is 1. The quantitative estimate of drug-likeness (QED) is 0.625. The van der Waals surface area contributed by atoms with Gasteiger partial charge in [-0.25, -0.2) is 4.98 Å². The van der Waals surface area contributed by atoms with Crippen LogP contribution >= 0.6 is 0 Å². The second kappa shape index (κ2) is 6.87. The van der Waals surface area contributed by atoms with Gasteiger partial charge in [0.15, 0.2) is 0 Å². The third-order valence-electron chi connectivity index (χ3n) is 7.43. The average Bonchev–Trinajstić information content (AvgIpc) is 3.36. The molecule has 3 aliphatic rings. The number of nitrogens with zero attached hydrogens (tertiary/aromatic N) is 2. The van der Waals surface area contributed by atoms with Crippen LogP contribution in [0.15, 0.2) is 48.5 Å². The minimum absolute atomic E-state index is 0.0605. The van der Waals surface area contributed by atoms with Gasteiger partial charge in [0.1, 0.15) is 5.82 Å². The summed E-state index contributed by atoms with van der Waals surface area (Å²) in [6, 6.07) is 15.7. The summed E-state index contributed by atoms with van der Waals surface area (Å²) in [5.74, 6) is 0.261. The number of pyridine rings is 1. The van der Waals surface area contributed by atoms with Crippen LogP contribution < -0.4 is 11.1 Å². The molecule has 162 valence electrons. The van der Waals surface area contributed by atoms with E-state index in [9.17, 15) is 9.18 Å². The van der Waals surface area contributed by atoms with E-state index in [1.54, 1.807) is 12.1 Å². The minimum atomic E-state index is -0.570. The molecule has 3 aromatic rings. The Labute approximate surface area is 186 Å². The lowest BCUT2D eigenvalue weighted by Gasteiger charge is -2.18. The SMILES string of the molecule is CN1C[C@@H]2C[C@]2(c2ccc(-c3cc(-c4ccc5c(c4)CCNC5=O)c(N)nc3F)cc2)C1. The van der Waals surface area contributed by atoms with Crippen molar-refractivity contribution in [2.45, 2.75) is 18.3 Å². The molecule has 0 unspecified atom stereocenters. The summed E-state index contributed by atoms with van der Waals surface area (Å²) < 4.78 is 14.8. The minimum Gasteiger partial charge on any atom is -0.383 e. The van der Waals surface area contributed by atoms with Crippen LogP contribution in [0.25, 0.3) is 22.3 Å². The van der Waals surface area contributed by atoms with Gasteiger partial charge in [-0.05, 0) is 60.2 Å². The van der Waals surface area contributed by atoms with Crippen molar-refractivity contribution in [3.63, 3.8) is 0 Å². The fourth-order valence-corrected chi connectivity index (χ4v) is 5.70. The van der Waals surface area contributed by atoms with Gasteiger partial charge < -0.3 is 16.0 Å². The molecule has 6 heteroatoms. The number of amides is 1. The van der Waals surface area contributed by atoms with Gasteiger partial charge in [0.05, 0.1) is 0 Å². The van der Waals surface area contributed by atoms with Gasteiger partial charge in [-0.15, -0.1) is 0 Å². The predicted octanol–water partition coefficient (Wildman–Crippen LogP) is 3.63. The Morgan fingerprint density at radius 1 is 1.09 bits per heavy atom. The molecule has 1 saturated heterocycles. The van der Waals surface area contributed by atoms with Gasteiger partial charge in [-0.1, -0.05) is 36.4 Å². The van der Waals surface area contributed by atoms with E-state index >= 15 is 0 Å². The number of halogens is 1. The standard InChI is InChI=1S/C26H25FN4O/c1-31-13-19-12-26(19,14-31)18-5-2-15(3-6-18)21-11-22(24(28)30-23(21)27)16-4-7-20-17(10-16)8-9-29-25(20)32/h2-7,10-11,19H,8-9,12-14H2,1H3,(H2,28,30)(H,29,32)/t19-,26+/m0/s1. The monoisotopic (exact) mass is 428 g/mol. The van der Waals surface area contributed by atoms with Gasteiger partial charge in [0, 0.05) is 41.7 Å². The lowest BCUT2D eigenvalue weighted by molar-refractivity contribution is 0.0946. The Balaban J connectivity index is 1.36. The third-order valence-corrected chi connectivity index (χ3v) is 7.43. The first-order valence-corrected chi connectivity index (χ1v) is 11.1. The predicted molar refractivity (Wildman–Crippen MR) is 123 cm³/mol. The van der Waals surface area contributed by atoms with E-state index in [-0.39, 0.29) is 17.1 Å². The Bertz CT molecular complexity index is 1260. The molecular formula is C26H25FN4O. The Morgan fingerprint density at radius 3 is 2.62 bits per heavy atom. The smallest absolute Gasteiger partial charge is 0.251 e. The first-order valence-electron chi connectivity index (χ1n) is 11.1. The maximum atomic E-state index is 14.8. The molecule has 6 rings (SSSR count). The van der Waals surface area contributed by atoms with Crippen molar-refractivity contribution >= 4 is 11.7 Å². The van der Waals surface area contributed by atoms with Gasteiger partial charge >= 0.3 is 0 Å². The Morgan fingerprint density at radius 2 is 1.88 bits per heavy atom. The van der Waals surface area contributed by atoms with E-state index in [4.69, 9.17) is 5.73 Å². The normalized spacial score (nSPS) is 24.1. The molecule has 2 atom stereocenters. The van der Waals surface area contributed by atoms with E-state index < -0.39 is 5.95 Å². The van der Waals surface area contributed by atoms with Crippen molar-refractivity contribution in [3.05, 3.63) is 71.2 Å². The van der Waals surface area contributed by atoms with Crippen LogP contribution in [-0.2, 0) is 11.8 Å². The van der Waals surface area contributed by atoms with E-state index in [1.807, 2.05) is 24.3 Å². The van der Waals surface area contributed by atoms with Crippen LogP contribution in [0.4, 0.5) is 10.2 Å². The molecule has 5 nitrogen and oxygen atoms in total. The van der Waals surface area contributed by atoms with Gasteiger partial charge in [0.2, 0.25) is 5.95 Å². The maximum absolute atomic E-state index is 14.8. The summed E-state index contributed by atoms with van der Waals surface area (Å²) in [6.45, 7) is 2.86. The van der Waals surface area contributed by atoms with Crippen LogP contribution in [0.2, 0.25) is 0 Å². The van der Waals surface area contributed by atoms with E-state index in [0.29, 0.717) is 23.2 Å². The van der Waals surface area contributed by atoms with Gasteiger partial charge in [-0.3, -0.25) is 4.79 Å². The van der Waals surface area contributed by atoms with Gasteiger partial charge in [-0.2, -0.15) is 4.39 Å². The zero-order chi connectivity index (χ0) is 22.0. The number of anilines is 1. The largest absolute Gasteiger partial charge is 0.383 e. The summed E-state index contributed by atoms with van der Waals surface area (Å²) in [7, 11) is 2.17. The molecule has 0 radical (unpaired) electrons. The molecule has 1 aromatic heterocycles. The molecule has 2 fully saturated rings. The lowest BCUT2D eigenvalue weighted by atomic mass is 9.92. The van der Waals surface area contributed by atoms with Crippen molar-refractivity contribution in [1.29, 1.82) is 0 Å². The number of likely N-dealkylation sites (N-methyl/N-ethyl adjacent to an activating group) is 1. The maximum Gasteiger partial charge on any atom is 0.251 e. The summed E-state index contributed by atoms with van der Waals surface area (Å²) in [5, 5.41) is 2.85. The number of piperidine rings is 1. The zero-order valence-corrected chi connectivity index (χ0v) is 18.0. The van der Waals surface area contributed by atoms with Crippen LogP contribution in [0.3, 0.4) is 0 Å². The summed E-state index contributed by atoms with van der Waals surface area (Å²) in [6.07, 6.45) is 2.00. The van der Waals surface area contributed by atoms with E-state index in [2.05, 4.69) is 34.4 Å². The van der Waals surface area contributed by atoms with Crippen LogP contribution in [-0.4, -0.2) is 42.5 Å². The first-order chi connectivity index (χ1) is 15.4. The number of fused-ring (bicyclic) bond motifs is 2. The third kappa shape index (κ3) is 2.93. The number of hydrogen-bond donors (Lipinski definition) is 2. The number of likely N-dealkylation sites (tertiary alicyclic amines) is 1. The summed E-state index contributed by atoms with van der Waals surface area (Å²) in [5.41, 5.74) is 12.1. The number of hydrogen-bond acceptors (Lipinski definition) is 4. The molecule has 32 heavy (non-hydrogen) atoms. The highest BCUT2D eigenvalue weighted by Gasteiger charge is 2.59. The van der Waals surface area contributed by atoms with Crippen LogP contribution in [0.1, 0.15) is 27.9 Å². The molecule has 1 aliphatic carbocycles. The van der Waals surface area contributed by atoms with Crippen molar-refractivity contribution < 1.29 is 9.18 Å². The molecule has 2 aromatic carbocycles. The second-order valence-corrected chi connectivity index (χ2v) is 9.47. The number of nitrogens with two attached hydrogens (primary N) is 1. The molecule has 3 heterocycles. The number of aromatic nitrogens is 1. The van der Waals surface area contributed by atoms with E-state index in [1.165, 1.54) is 12.0 Å². The second-order valence-electron chi connectivity index (χ2n) is 9.47. The Kier molecular flexibility index (Phi) is 4.17. The highest BCUT2D eigenvalue weighted by atomic mass is 19.1. The molecule has 3 N–H and O–H groups in total. The van der Waals surface area contributed by atoms with Crippen molar-refractivity contribution in [1.82, 2.24) is 15.2 Å². The summed E-state index contributed by atoms with van der Waals surface area (Å²) >= 11 is 0. The van der Waals surface area contributed by atoms with Crippen LogP contribution in [0, 0.1) is 11.9 Å². The first kappa shape index (κ1) is 19.4. The fraction of sp³-hybridized carbons (Fsp3) is 0.308. The molecule has 1 saturated carbocycles. The Hall–Kier alpha value is -3.25. The lowest BCUT2D eigenvalue weighted by Crippen LogP contribution is -2.31. The van der Waals surface area contributed by atoms with Crippen molar-refractivity contribution in [2.24, 2.45) is 5.92 Å². The molecule has 0 spiro atoms. The number of rotatable bonds is 3. The fourth-order valence-electron chi connectivity index (χ4n) is 5.70. The number of nitrogens with one attached hydrogen (secondary N) is 1. The summed E-state index contributed by atoms with van der Waals surface area (Å²) in [4.78, 5) is 18.4. The molecule has 2 aliphatic heterocycles. The van der Waals surface area contributed by atoms with Crippen LogP contribution in [0.5, 0.6) is 0 Å². The number of benzene rings is 2. The van der Waals surface area contributed by atoms with Crippen molar-refractivity contribution in [3.8, 4) is 22.3 Å². The molecular weight excluding hydrogens is 403 g/mol. The molecule has 1 amide bonds. The highest BCUT2D eigenvalue weighted by molar-refractivity contribution is 5.97. The van der Waals surface area contributed by atoms with Crippen molar-refractivity contribution in [2.75, 3.05) is 32.4 Å². The number of nitrogen functional groups attached to an aromatic ring is 1. The molecule has 0 bridgehead atoms. The zero-order valence-electron chi connectivity index (χ0n) is 18.0. The highest BCUT2D eigenvalue weighted by Crippen LogP contribution is 2.58.